The number of nitrogens with zero attached hydrogens (tertiary/aromatic N) is 1. The maximum Gasteiger partial charge on any atom is 0.673 e. The van der Waals surface area contributed by atoms with E-state index in [4.69, 9.17) is 4.74 Å². The molecule has 1 saturated heterocycles. The van der Waals surface area contributed by atoms with Crippen LogP contribution in [0.1, 0.15) is 13.8 Å². The average molecular weight is 231 g/mol. The number of likely N-dealkylation sites (N-methyl/N-ethyl adjacent to an activating group) is 1. The molecular weight excluding hydrogens is 213 g/mol. The first kappa shape index (κ1) is 14.7. The van der Waals surface area contributed by atoms with Gasteiger partial charge in [-0.3, -0.25) is 0 Å². The summed E-state index contributed by atoms with van der Waals surface area (Å²) in [6.07, 6.45) is 0. The SMILES string of the molecule is CC[N+]1(CC)CCOCC1.F[B-](F)(F)F. The second kappa shape index (κ2) is 6.32. The van der Waals surface area contributed by atoms with Gasteiger partial charge in [-0.15, -0.1) is 0 Å². The van der Waals surface area contributed by atoms with Crippen molar-refractivity contribution in [3.63, 3.8) is 0 Å². The van der Waals surface area contributed by atoms with Crippen LogP contribution in [-0.2, 0) is 4.74 Å². The van der Waals surface area contributed by atoms with Crippen LogP contribution < -0.4 is 0 Å². The van der Waals surface area contributed by atoms with Crippen molar-refractivity contribution in [3.05, 3.63) is 0 Å². The van der Waals surface area contributed by atoms with E-state index in [0.29, 0.717) is 0 Å². The van der Waals surface area contributed by atoms with E-state index in [0.717, 1.165) is 13.2 Å². The summed E-state index contributed by atoms with van der Waals surface area (Å²) in [5.41, 5.74) is 0. The number of hydrogen-bond donors (Lipinski definition) is 0. The molecule has 1 fully saturated rings. The lowest BCUT2D eigenvalue weighted by molar-refractivity contribution is -0.931. The summed E-state index contributed by atoms with van der Waals surface area (Å²) >= 11 is 0. The van der Waals surface area contributed by atoms with Crippen LogP contribution in [0, 0.1) is 0 Å². The summed E-state index contributed by atoms with van der Waals surface area (Å²) in [6, 6.07) is 0. The standard InChI is InChI=1S/C8H18NO.BF4/c1-3-9(4-2)5-7-10-8-6-9;2-1(3,4)5/h3-8H2,1-2H3;/q+1;-1. The van der Waals surface area contributed by atoms with Gasteiger partial charge in [0.05, 0.1) is 26.3 Å². The molecule has 2 nitrogen and oxygen atoms in total. The Kier molecular flexibility index (Phi) is 6.20. The van der Waals surface area contributed by atoms with Gasteiger partial charge in [0.2, 0.25) is 0 Å². The first-order valence-corrected chi connectivity index (χ1v) is 5.13. The van der Waals surface area contributed by atoms with Gasteiger partial charge in [0.25, 0.3) is 0 Å². The minimum absolute atomic E-state index is 0.960. The van der Waals surface area contributed by atoms with E-state index in [-0.39, 0.29) is 0 Å². The molecule has 1 aliphatic heterocycles. The fraction of sp³-hybridized carbons (Fsp3) is 1.00. The molecule has 0 aromatic carbocycles. The Morgan fingerprint density at radius 3 is 1.53 bits per heavy atom. The molecule has 1 heterocycles. The van der Waals surface area contributed by atoms with Gasteiger partial charge in [-0.25, -0.2) is 0 Å². The van der Waals surface area contributed by atoms with Crippen molar-refractivity contribution in [1.29, 1.82) is 0 Å². The minimum Gasteiger partial charge on any atom is -0.418 e. The van der Waals surface area contributed by atoms with Gasteiger partial charge < -0.3 is 26.5 Å². The predicted octanol–water partition coefficient (Wildman–Crippen LogP) is 2.17. The smallest absolute Gasteiger partial charge is 0.418 e. The predicted molar refractivity (Wildman–Crippen MR) is 52.1 cm³/mol. The molecule has 7 heteroatoms. The van der Waals surface area contributed by atoms with Crippen molar-refractivity contribution in [1.82, 2.24) is 0 Å². The van der Waals surface area contributed by atoms with Gasteiger partial charge in [0, 0.05) is 0 Å². The van der Waals surface area contributed by atoms with Crippen molar-refractivity contribution < 1.29 is 26.5 Å². The highest BCUT2D eigenvalue weighted by Gasteiger charge is 2.25. The van der Waals surface area contributed by atoms with Crippen molar-refractivity contribution in [2.45, 2.75) is 13.8 Å². The van der Waals surface area contributed by atoms with Crippen molar-refractivity contribution in [2.75, 3.05) is 39.4 Å². The Hall–Kier alpha value is -0.295. The number of halogens is 4. The first-order valence-electron chi connectivity index (χ1n) is 5.13. The molecule has 0 aliphatic carbocycles. The molecule has 1 rings (SSSR count). The van der Waals surface area contributed by atoms with E-state index in [9.17, 15) is 17.3 Å². The molecular formula is C8H18BF4NO. The third-order valence-corrected chi connectivity index (χ3v) is 2.76. The molecule has 0 aromatic rings. The van der Waals surface area contributed by atoms with Crippen molar-refractivity contribution in [2.24, 2.45) is 0 Å². The molecule has 0 unspecified atom stereocenters. The molecule has 0 aromatic heterocycles. The Balaban J connectivity index is 0.000000336. The van der Waals surface area contributed by atoms with Crippen LogP contribution in [0.25, 0.3) is 0 Å². The first-order chi connectivity index (χ1) is 6.83. The number of quaternary nitrogens is 1. The zero-order valence-corrected chi connectivity index (χ0v) is 9.19. The summed E-state index contributed by atoms with van der Waals surface area (Å²) in [7, 11) is -6.00. The summed E-state index contributed by atoms with van der Waals surface area (Å²) in [6.45, 7) is 11.4. The second-order valence-corrected chi connectivity index (χ2v) is 3.53. The van der Waals surface area contributed by atoms with Crippen LogP contribution >= 0.6 is 0 Å². The highest BCUT2D eigenvalue weighted by Crippen LogP contribution is 2.09. The highest BCUT2D eigenvalue weighted by atomic mass is 19.5. The Labute approximate surface area is 87.9 Å². The van der Waals surface area contributed by atoms with Gasteiger partial charge in [-0.2, -0.15) is 0 Å². The maximum atomic E-state index is 9.75. The third-order valence-electron chi connectivity index (χ3n) is 2.76. The summed E-state index contributed by atoms with van der Waals surface area (Å²) in [5.74, 6) is 0. The number of rotatable bonds is 2. The number of ether oxygens (including phenoxy) is 1. The molecule has 0 bridgehead atoms. The number of hydrogen-bond acceptors (Lipinski definition) is 1. The van der Waals surface area contributed by atoms with Gasteiger partial charge in [0.15, 0.2) is 0 Å². The summed E-state index contributed by atoms with van der Waals surface area (Å²) in [4.78, 5) is 0. The topological polar surface area (TPSA) is 9.23 Å². The quantitative estimate of drug-likeness (QED) is 0.402. The molecule has 1 aliphatic rings. The second-order valence-electron chi connectivity index (χ2n) is 3.53. The molecule has 0 saturated carbocycles. The number of morpholine rings is 1. The highest BCUT2D eigenvalue weighted by molar-refractivity contribution is 6.50. The Morgan fingerprint density at radius 1 is 1.00 bits per heavy atom. The van der Waals surface area contributed by atoms with Gasteiger partial charge in [-0.1, -0.05) is 0 Å². The molecule has 0 radical (unpaired) electrons. The average Bonchev–Trinajstić information content (AvgIpc) is 2.16. The lowest BCUT2D eigenvalue weighted by atomic mass is 10.3. The van der Waals surface area contributed by atoms with Crippen LogP contribution in [0.4, 0.5) is 17.3 Å². The van der Waals surface area contributed by atoms with E-state index < -0.39 is 7.25 Å². The van der Waals surface area contributed by atoms with Crippen LogP contribution in [0.5, 0.6) is 0 Å². The van der Waals surface area contributed by atoms with E-state index >= 15 is 0 Å². The van der Waals surface area contributed by atoms with E-state index in [2.05, 4.69) is 13.8 Å². The molecule has 92 valence electrons. The van der Waals surface area contributed by atoms with Crippen LogP contribution in [-0.4, -0.2) is 51.1 Å². The summed E-state index contributed by atoms with van der Waals surface area (Å²) in [5, 5.41) is 0. The molecule has 0 spiro atoms. The fourth-order valence-corrected chi connectivity index (χ4v) is 1.59. The van der Waals surface area contributed by atoms with Crippen LogP contribution in [0.3, 0.4) is 0 Å². The van der Waals surface area contributed by atoms with Gasteiger partial charge in [-0.05, 0) is 13.8 Å². The summed E-state index contributed by atoms with van der Waals surface area (Å²) < 4.78 is 45.6. The van der Waals surface area contributed by atoms with E-state index in [1.54, 1.807) is 0 Å². The maximum absolute atomic E-state index is 9.75. The molecule has 0 N–H and O–H groups in total. The van der Waals surface area contributed by atoms with Gasteiger partial charge >= 0.3 is 7.25 Å². The van der Waals surface area contributed by atoms with Crippen molar-refractivity contribution >= 4 is 7.25 Å². The normalized spacial score (nSPS) is 20.4. The minimum atomic E-state index is -6.00. The monoisotopic (exact) mass is 231 g/mol. The third kappa shape index (κ3) is 7.61. The van der Waals surface area contributed by atoms with Gasteiger partial charge in [0.1, 0.15) is 13.1 Å². The fourth-order valence-electron chi connectivity index (χ4n) is 1.59. The Bertz CT molecular complexity index is 159. The largest absolute Gasteiger partial charge is 0.673 e. The lowest BCUT2D eigenvalue weighted by Gasteiger charge is -2.39. The Morgan fingerprint density at radius 2 is 1.33 bits per heavy atom. The van der Waals surface area contributed by atoms with E-state index in [1.807, 2.05) is 0 Å². The lowest BCUT2D eigenvalue weighted by Crippen LogP contribution is -2.54. The van der Waals surface area contributed by atoms with Crippen LogP contribution in [0.15, 0.2) is 0 Å². The zero-order chi connectivity index (χ0) is 11.9. The van der Waals surface area contributed by atoms with Crippen LogP contribution in [0.2, 0.25) is 0 Å². The van der Waals surface area contributed by atoms with Crippen molar-refractivity contribution in [3.8, 4) is 0 Å². The molecule has 0 atom stereocenters. The molecule has 15 heavy (non-hydrogen) atoms. The van der Waals surface area contributed by atoms with E-state index in [1.165, 1.54) is 30.7 Å². The zero-order valence-electron chi connectivity index (χ0n) is 9.19. The molecule has 0 amide bonds.